The van der Waals surface area contributed by atoms with Crippen molar-refractivity contribution in [1.82, 2.24) is 10.2 Å². The van der Waals surface area contributed by atoms with Crippen LogP contribution in [0.5, 0.6) is 5.75 Å². The molecule has 138 valence electrons. The molecule has 1 aliphatic heterocycles. The number of urea groups is 1. The van der Waals surface area contributed by atoms with E-state index in [1.54, 1.807) is 0 Å². The maximum atomic E-state index is 12.3. The summed E-state index contributed by atoms with van der Waals surface area (Å²) in [5.41, 5.74) is 2.18. The lowest BCUT2D eigenvalue weighted by Gasteiger charge is -2.36. The largest absolute Gasteiger partial charge is 0.492 e. The summed E-state index contributed by atoms with van der Waals surface area (Å²) >= 11 is 6.00. The number of ether oxygens (including phenoxy) is 1. The van der Waals surface area contributed by atoms with Gasteiger partial charge in [0.15, 0.2) is 0 Å². The van der Waals surface area contributed by atoms with Crippen LogP contribution in [0.25, 0.3) is 0 Å². The van der Waals surface area contributed by atoms with Crippen LogP contribution in [0.15, 0.2) is 48.5 Å². The molecule has 0 unspecified atom stereocenters. The topological polar surface area (TPSA) is 44.8 Å². The van der Waals surface area contributed by atoms with Crippen LogP contribution in [0, 0.1) is 6.92 Å². The highest BCUT2D eigenvalue weighted by Crippen LogP contribution is 2.20. The third-order valence-electron chi connectivity index (χ3n) is 4.46. The summed E-state index contributed by atoms with van der Waals surface area (Å²) < 4.78 is 5.65. The molecule has 1 aliphatic rings. The van der Waals surface area contributed by atoms with E-state index in [1.807, 2.05) is 48.2 Å². The number of rotatable bonds is 5. The van der Waals surface area contributed by atoms with Gasteiger partial charge in [0.2, 0.25) is 0 Å². The fourth-order valence-electron chi connectivity index (χ4n) is 2.95. The smallest absolute Gasteiger partial charge is 0.317 e. The van der Waals surface area contributed by atoms with E-state index in [-0.39, 0.29) is 6.03 Å². The third-order valence-corrected chi connectivity index (χ3v) is 4.89. The van der Waals surface area contributed by atoms with Gasteiger partial charge in [-0.2, -0.15) is 0 Å². The lowest BCUT2D eigenvalue weighted by Crippen LogP contribution is -2.52. The number of hydrogen-bond acceptors (Lipinski definition) is 3. The number of para-hydroxylation sites is 1. The van der Waals surface area contributed by atoms with E-state index in [0.29, 0.717) is 13.2 Å². The Hall–Kier alpha value is -2.40. The minimum atomic E-state index is -0.0337. The van der Waals surface area contributed by atoms with Crippen molar-refractivity contribution < 1.29 is 9.53 Å². The van der Waals surface area contributed by atoms with Crippen molar-refractivity contribution in [3.05, 3.63) is 59.1 Å². The van der Waals surface area contributed by atoms with Gasteiger partial charge in [0.05, 0.1) is 6.54 Å². The molecule has 0 saturated carbocycles. The van der Waals surface area contributed by atoms with Crippen LogP contribution in [-0.4, -0.2) is 50.3 Å². The second-order valence-corrected chi connectivity index (χ2v) is 6.71. The van der Waals surface area contributed by atoms with Crippen LogP contribution in [0.3, 0.4) is 0 Å². The number of anilines is 1. The average Bonchev–Trinajstić information content (AvgIpc) is 2.68. The molecule has 26 heavy (non-hydrogen) atoms. The second-order valence-electron chi connectivity index (χ2n) is 6.30. The number of halogens is 1. The number of nitrogens with one attached hydrogen (secondary N) is 1. The van der Waals surface area contributed by atoms with Gasteiger partial charge < -0.3 is 19.9 Å². The maximum absolute atomic E-state index is 12.3. The molecule has 1 N–H and O–H groups in total. The Kier molecular flexibility index (Phi) is 6.23. The van der Waals surface area contributed by atoms with Gasteiger partial charge in [0.1, 0.15) is 12.4 Å². The predicted molar refractivity (Wildman–Crippen MR) is 105 cm³/mol. The number of carbonyl (C=O) groups excluding carboxylic acids is 1. The normalized spacial score (nSPS) is 14.2. The first-order valence-corrected chi connectivity index (χ1v) is 9.23. The van der Waals surface area contributed by atoms with Gasteiger partial charge in [0.25, 0.3) is 0 Å². The lowest BCUT2D eigenvalue weighted by atomic mass is 10.2. The second kappa shape index (κ2) is 8.81. The van der Waals surface area contributed by atoms with Gasteiger partial charge in [-0.15, -0.1) is 0 Å². The van der Waals surface area contributed by atoms with Crippen molar-refractivity contribution in [3.8, 4) is 5.75 Å². The van der Waals surface area contributed by atoms with Gasteiger partial charge in [-0.1, -0.05) is 29.8 Å². The van der Waals surface area contributed by atoms with Crippen molar-refractivity contribution in [3.63, 3.8) is 0 Å². The molecule has 1 fully saturated rings. The number of amides is 2. The molecule has 0 bridgehead atoms. The minimum Gasteiger partial charge on any atom is -0.492 e. The van der Waals surface area contributed by atoms with Crippen LogP contribution in [0.1, 0.15) is 5.56 Å². The van der Waals surface area contributed by atoms with E-state index >= 15 is 0 Å². The maximum Gasteiger partial charge on any atom is 0.317 e. The van der Waals surface area contributed by atoms with Gasteiger partial charge in [-0.25, -0.2) is 4.79 Å². The van der Waals surface area contributed by atoms with E-state index in [4.69, 9.17) is 16.3 Å². The summed E-state index contributed by atoms with van der Waals surface area (Å²) in [6, 6.07) is 15.8. The minimum absolute atomic E-state index is 0.0337. The molecule has 2 aromatic carbocycles. The Morgan fingerprint density at radius 3 is 2.54 bits per heavy atom. The first kappa shape index (κ1) is 18.4. The first-order valence-electron chi connectivity index (χ1n) is 8.85. The Balaban J connectivity index is 1.37. The zero-order chi connectivity index (χ0) is 18.4. The average molecular weight is 374 g/mol. The standard InChI is InChI=1S/C20H24ClN3O2/c1-16-15-18(7-8-19(16)21)26-14-9-22-20(25)24-12-10-23(11-13-24)17-5-3-2-4-6-17/h2-8,15H,9-14H2,1H3,(H,22,25). The summed E-state index contributed by atoms with van der Waals surface area (Å²) in [5, 5.41) is 3.64. The first-order chi connectivity index (χ1) is 12.6. The highest BCUT2D eigenvalue weighted by molar-refractivity contribution is 6.31. The van der Waals surface area contributed by atoms with E-state index in [9.17, 15) is 4.79 Å². The monoisotopic (exact) mass is 373 g/mol. The fourth-order valence-corrected chi connectivity index (χ4v) is 3.07. The van der Waals surface area contributed by atoms with Crippen LogP contribution in [0.4, 0.5) is 10.5 Å². The quantitative estimate of drug-likeness (QED) is 0.815. The van der Waals surface area contributed by atoms with Gasteiger partial charge in [-0.3, -0.25) is 0 Å². The Morgan fingerprint density at radius 1 is 1.12 bits per heavy atom. The third kappa shape index (κ3) is 4.82. The van der Waals surface area contributed by atoms with E-state index < -0.39 is 0 Å². The molecule has 0 spiro atoms. The fraction of sp³-hybridized carbons (Fsp3) is 0.350. The SMILES string of the molecule is Cc1cc(OCCNC(=O)N2CCN(c3ccccc3)CC2)ccc1Cl. The Bertz CT molecular complexity index is 731. The summed E-state index contributed by atoms with van der Waals surface area (Å²) in [5.74, 6) is 0.762. The summed E-state index contributed by atoms with van der Waals surface area (Å²) in [6.07, 6.45) is 0. The molecule has 3 rings (SSSR count). The molecular formula is C20H24ClN3O2. The van der Waals surface area contributed by atoms with Crippen molar-refractivity contribution in [1.29, 1.82) is 0 Å². The van der Waals surface area contributed by atoms with E-state index in [2.05, 4.69) is 22.3 Å². The number of aryl methyl sites for hydroxylation is 1. The van der Waals surface area contributed by atoms with Crippen molar-refractivity contribution in [2.24, 2.45) is 0 Å². The number of benzene rings is 2. The predicted octanol–water partition coefficient (Wildman–Crippen LogP) is 3.56. The van der Waals surface area contributed by atoms with Crippen molar-refractivity contribution in [2.45, 2.75) is 6.92 Å². The summed E-state index contributed by atoms with van der Waals surface area (Å²) in [6.45, 7) is 5.97. The van der Waals surface area contributed by atoms with Crippen molar-refractivity contribution >= 4 is 23.3 Å². The Labute approximate surface area is 159 Å². The van der Waals surface area contributed by atoms with Crippen LogP contribution < -0.4 is 15.0 Å². The summed E-state index contributed by atoms with van der Waals surface area (Å²) in [7, 11) is 0. The molecular weight excluding hydrogens is 350 g/mol. The molecule has 0 atom stereocenters. The number of hydrogen-bond donors (Lipinski definition) is 1. The molecule has 1 heterocycles. The molecule has 2 aromatic rings. The molecule has 0 radical (unpaired) electrons. The number of carbonyl (C=O) groups is 1. The summed E-state index contributed by atoms with van der Waals surface area (Å²) in [4.78, 5) is 16.4. The van der Waals surface area contributed by atoms with E-state index in [1.165, 1.54) is 5.69 Å². The van der Waals surface area contributed by atoms with E-state index in [0.717, 1.165) is 42.5 Å². The highest BCUT2D eigenvalue weighted by Gasteiger charge is 2.20. The van der Waals surface area contributed by atoms with Gasteiger partial charge in [-0.05, 0) is 42.8 Å². The van der Waals surface area contributed by atoms with Crippen LogP contribution in [-0.2, 0) is 0 Å². The van der Waals surface area contributed by atoms with Gasteiger partial charge in [0, 0.05) is 36.9 Å². The number of piperazine rings is 1. The molecule has 1 saturated heterocycles. The van der Waals surface area contributed by atoms with Gasteiger partial charge >= 0.3 is 6.03 Å². The van der Waals surface area contributed by atoms with Crippen LogP contribution >= 0.6 is 11.6 Å². The molecule has 2 amide bonds. The zero-order valence-corrected chi connectivity index (χ0v) is 15.7. The zero-order valence-electron chi connectivity index (χ0n) is 15.0. The van der Waals surface area contributed by atoms with Crippen LogP contribution in [0.2, 0.25) is 5.02 Å². The molecule has 5 nitrogen and oxygen atoms in total. The van der Waals surface area contributed by atoms with Crippen molar-refractivity contribution in [2.75, 3.05) is 44.2 Å². The highest BCUT2D eigenvalue weighted by atomic mass is 35.5. The Morgan fingerprint density at radius 2 is 1.85 bits per heavy atom. The number of nitrogens with zero attached hydrogens (tertiary/aromatic N) is 2. The molecule has 6 heteroatoms. The molecule has 0 aliphatic carbocycles. The molecule has 0 aromatic heterocycles. The lowest BCUT2D eigenvalue weighted by molar-refractivity contribution is 0.191.